The van der Waals surface area contributed by atoms with Crippen LogP contribution in [0.25, 0.3) is 0 Å². The summed E-state index contributed by atoms with van der Waals surface area (Å²) >= 11 is 5.91. The fourth-order valence-corrected chi connectivity index (χ4v) is 1.72. The van der Waals surface area contributed by atoms with Crippen molar-refractivity contribution in [3.8, 4) is 0 Å². The van der Waals surface area contributed by atoms with Crippen LogP contribution in [0, 0.1) is 5.82 Å². The van der Waals surface area contributed by atoms with Crippen molar-refractivity contribution in [1.29, 1.82) is 0 Å². The van der Waals surface area contributed by atoms with Gasteiger partial charge in [-0.25, -0.2) is 4.39 Å². The van der Waals surface area contributed by atoms with Crippen molar-refractivity contribution >= 4 is 11.6 Å². The molecule has 2 nitrogen and oxygen atoms in total. The Bertz CT molecular complexity index is 328. The van der Waals surface area contributed by atoms with Crippen molar-refractivity contribution in [2.45, 2.75) is 19.5 Å². The molecule has 0 saturated heterocycles. The summed E-state index contributed by atoms with van der Waals surface area (Å²) in [4.78, 5) is 2.06. The maximum atomic E-state index is 12.8. The van der Waals surface area contributed by atoms with Crippen LogP contribution in [0.2, 0.25) is 5.02 Å². The first-order valence-electron chi connectivity index (χ1n) is 4.87. The molecule has 4 heteroatoms. The highest BCUT2D eigenvalue weighted by Gasteiger charge is 2.06. The normalized spacial score (nSPS) is 13.2. The average molecular weight is 231 g/mol. The van der Waals surface area contributed by atoms with E-state index < -0.39 is 0 Å². The van der Waals surface area contributed by atoms with Gasteiger partial charge in [0.15, 0.2) is 0 Å². The second kappa shape index (κ2) is 5.45. The highest BCUT2D eigenvalue weighted by atomic mass is 35.5. The zero-order chi connectivity index (χ0) is 11.4. The largest absolute Gasteiger partial charge is 0.327 e. The summed E-state index contributed by atoms with van der Waals surface area (Å²) < 4.78 is 12.8. The molecule has 0 amide bonds. The van der Waals surface area contributed by atoms with Gasteiger partial charge in [-0.1, -0.05) is 17.7 Å². The Morgan fingerprint density at radius 3 is 2.73 bits per heavy atom. The van der Waals surface area contributed by atoms with Crippen molar-refractivity contribution in [3.63, 3.8) is 0 Å². The van der Waals surface area contributed by atoms with Crippen LogP contribution in [0.4, 0.5) is 4.39 Å². The van der Waals surface area contributed by atoms with Gasteiger partial charge in [-0.2, -0.15) is 0 Å². The van der Waals surface area contributed by atoms with Gasteiger partial charge in [0, 0.05) is 24.2 Å². The van der Waals surface area contributed by atoms with E-state index in [1.54, 1.807) is 6.07 Å². The summed E-state index contributed by atoms with van der Waals surface area (Å²) in [5, 5.41) is 0.464. The lowest BCUT2D eigenvalue weighted by molar-refractivity contribution is 0.310. The van der Waals surface area contributed by atoms with E-state index >= 15 is 0 Å². The molecule has 0 aliphatic rings. The molecule has 1 unspecified atom stereocenters. The molecule has 0 aliphatic carbocycles. The van der Waals surface area contributed by atoms with Gasteiger partial charge >= 0.3 is 0 Å². The highest BCUT2D eigenvalue weighted by Crippen LogP contribution is 2.18. The van der Waals surface area contributed by atoms with E-state index in [4.69, 9.17) is 17.3 Å². The lowest BCUT2D eigenvalue weighted by Crippen LogP contribution is -2.32. The molecule has 1 rings (SSSR count). The van der Waals surface area contributed by atoms with E-state index in [0.29, 0.717) is 11.6 Å². The first kappa shape index (κ1) is 12.4. The Morgan fingerprint density at radius 1 is 1.53 bits per heavy atom. The van der Waals surface area contributed by atoms with Crippen LogP contribution in [0.15, 0.2) is 18.2 Å². The molecule has 1 atom stereocenters. The van der Waals surface area contributed by atoms with Crippen LogP contribution in [0.1, 0.15) is 12.5 Å². The van der Waals surface area contributed by atoms with Crippen molar-refractivity contribution in [1.82, 2.24) is 4.90 Å². The molecule has 1 aromatic carbocycles. The van der Waals surface area contributed by atoms with Gasteiger partial charge in [-0.3, -0.25) is 0 Å². The Labute approximate surface area is 94.8 Å². The lowest BCUT2D eigenvalue weighted by Gasteiger charge is -2.19. The predicted molar refractivity (Wildman–Crippen MR) is 61.4 cm³/mol. The fourth-order valence-electron chi connectivity index (χ4n) is 1.50. The highest BCUT2D eigenvalue weighted by molar-refractivity contribution is 6.31. The monoisotopic (exact) mass is 230 g/mol. The minimum atomic E-state index is -0.307. The summed E-state index contributed by atoms with van der Waals surface area (Å²) in [5.74, 6) is -0.307. The molecule has 0 bridgehead atoms. The number of rotatable bonds is 4. The second-order valence-electron chi connectivity index (χ2n) is 3.91. The first-order valence-corrected chi connectivity index (χ1v) is 5.25. The molecule has 0 radical (unpaired) electrons. The van der Waals surface area contributed by atoms with E-state index in [-0.39, 0.29) is 11.9 Å². The predicted octanol–water partition coefficient (Wildman–Crippen LogP) is 2.26. The quantitative estimate of drug-likeness (QED) is 0.860. The molecule has 1 aromatic rings. The third-order valence-electron chi connectivity index (χ3n) is 2.06. The van der Waals surface area contributed by atoms with Gasteiger partial charge in [0.05, 0.1) is 0 Å². The van der Waals surface area contributed by atoms with Crippen LogP contribution < -0.4 is 5.73 Å². The van der Waals surface area contributed by atoms with Gasteiger partial charge in [0.2, 0.25) is 0 Å². The SMILES string of the molecule is CC(N)CN(C)Cc1ccc(F)cc1Cl. The second-order valence-corrected chi connectivity index (χ2v) is 4.32. The maximum absolute atomic E-state index is 12.8. The molecule has 0 spiro atoms. The number of halogens is 2. The first-order chi connectivity index (χ1) is 6.99. The molecule has 0 fully saturated rings. The number of nitrogens with two attached hydrogens (primary N) is 1. The lowest BCUT2D eigenvalue weighted by atomic mass is 10.2. The summed E-state index contributed by atoms with van der Waals surface area (Å²) in [6.45, 7) is 3.41. The minimum Gasteiger partial charge on any atom is -0.327 e. The van der Waals surface area contributed by atoms with Gasteiger partial charge in [-0.15, -0.1) is 0 Å². The van der Waals surface area contributed by atoms with E-state index in [9.17, 15) is 4.39 Å². The minimum absolute atomic E-state index is 0.120. The molecule has 0 heterocycles. The van der Waals surface area contributed by atoms with Crippen LogP contribution in [0.3, 0.4) is 0 Å². The van der Waals surface area contributed by atoms with Crippen molar-refractivity contribution in [3.05, 3.63) is 34.6 Å². The topological polar surface area (TPSA) is 29.3 Å². The van der Waals surface area contributed by atoms with Gasteiger partial charge in [0.25, 0.3) is 0 Å². The average Bonchev–Trinajstić information content (AvgIpc) is 2.08. The van der Waals surface area contributed by atoms with E-state index in [0.717, 1.165) is 12.1 Å². The molecule has 0 aliphatic heterocycles. The Balaban J connectivity index is 2.64. The zero-order valence-corrected chi connectivity index (χ0v) is 9.76. The Hall–Kier alpha value is -0.640. The molecule has 15 heavy (non-hydrogen) atoms. The fraction of sp³-hybridized carbons (Fsp3) is 0.455. The molecule has 84 valence electrons. The van der Waals surface area contributed by atoms with E-state index in [1.807, 2.05) is 14.0 Å². The number of hydrogen-bond acceptors (Lipinski definition) is 2. The molecule has 2 N–H and O–H groups in total. The molecular formula is C11H16ClFN2. The van der Waals surface area contributed by atoms with Crippen LogP contribution >= 0.6 is 11.6 Å². The summed E-state index contributed by atoms with van der Waals surface area (Å²) in [7, 11) is 1.96. The zero-order valence-electron chi connectivity index (χ0n) is 9.00. The third-order valence-corrected chi connectivity index (χ3v) is 2.41. The smallest absolute Gasteiger partial charge is 0.124 e. The van der Waals surface area contributed by atoms with Crippen LogP contribution in [-0.4, -0.2) is 24.5 Å². The van der Waals surface area contributed by atoms with E-state index in [2.05, 4.69) is 4.90 Å². The number of nitrogens with zero attached hydrogens (tertiary/aromatic N) is 1. The van der Waals surface area contributed by atoms with Gasteiger partial charge < -0.3 is 10.6 Å². The Kier molecular flexibility index (Phi) is 4.51. The summed E-state index contributed by atoms with van der Waals surface area (Å²) in [5.41, 5.74) is 6.59. The number of hydrogen-bond donors (Lipinski definition) is 1. The Morgan fingerprint density at radius 2 is 2.20 bits per heavy atom. The van der Waals surface area contributed by atoms with Crippen molar-refractivity contribution < 1.29 is 4.39 Å². The number of benzene rings is 1. The van der Waals surface area contributed by atoms with Crippen molar-refractivity contribution in [2.24, 2.45) is 5.73 Å². The standard InChI is InChI=1S/C11H16ClFN2/c1-8(14)6-15(2)7-9-3-4-10(13)5-11(9)12/h3-5,8H,6-7,14H2,1-2H3. The van der Waals surface area contributed by atoms with Crippen LogP contribution in [0.5, 0.6) is 0 Å². The van der Waals surface area contributed by atoms with Crippen molar-refractivity contribution in [2.75, 3.05) is 13.6 Å². The molecule has 0 saturated carbocycles. The summed E-state index contributed by atoms with van der Waals surface area (Å²) in [6, 6.07) is 4.57. The molecular weight excluding hydrogens is 215 g/mol. The van der Waals surface area contributed by atoms with Gasteiger partial charge in [-0.05, 0) is 31.7 Å². The van der Waals surface area contributed by atoms with Gasteiger partial charge in [0.1, 0.15) is 5.82 Å². The maximum Gasteiger partial charge on any atom is 0.124 e. The number of likely N-dealkylation sites (N-methyl/N-ethyl adjacent to an activating group) is 1. The molecule has 0 aromatic heterocycles. The van der Waals surface area contributed by atoms with E-state index in [1.165, 1.54) is 12.1 Å². The third kappa shape index (κ3) is 4.16. The summed E-state index contributed by atoms with van der Waals surface area (Å²) in [6.07, 6.45) is 0. The van der Waals surface area contributed by atoms with Crippen LogP contribution in [-0.2, 0) is 6.54 Å².